The number of hydrogen-bond acceptors (Lipinski definition) is 3. The highest BCUT2D eigenvalue weighted by Gasteiger charge is 2.33. The number of methoxy groups -OCH3 is 1. The topological polar surface area (TPSA) is 49.8 Å². The summed E-state index contributed by atoms with van der Waals surface area (Å²) in [7, 11) is 3.33. The van der Waals surface area contributed by atoms with E-state index in [0.717, 1.165) is 31.6 Å². The van der Waals surface area contributed by atoms with Gasteiger partial charge in [0.25, 0.3) is 0 Å². The summed E-state index contributed by atoms with van der Waals surface area (Å²) in [6, 6.07) is 0. The summed E-state index contributed by atoms with van der Waals surface area (Å²) in [6.07, 6.45) is 3.62. The predicted octanol–water partition coefficient (Wildman–Crippen LogP) is 2.30. The lowest BCUT2D eigenvalue weighted by molar-refractivity contribution is -0.137. The fourth-order valence-electron chi connectivity index (χ4n) is 3.17. The molecule has 0 saturated heterocycles. The van der Waals surface area contributed by atoms with Crippen LogP contribution in [0.2, 0.25) is 0 Å². The van der Waals surface area contributed by atoms with Gasteiger partial charge in [0, 0.05) is 26.6 Å². The summed E-state index contributed by atoms with van der Waals surface area (Å²) < 4.78 is 4.89. The predicted molar refractivity (Wildman–Crippen MR) is 80.4 cm³/mol. The van der Waals surface area contributed by atoms with Gasteiger partial charge >= 0.3 is 0 Å². The first-order chi connectivity index (χ1) is 9.25. The average molecular weight is 285 g/mol. The molecule has 0 aromatic heterocycles. The van der Waals surface area contributed by atoms with E-state index in [2.05, 4.69) is 20.8 Å². The summed E-state index contributed by atoms with van der Waals surface area (Å²) in [5.74, 6) is 1.02. The van der Waals surface area contributed by atoms with Gasteiger partial charge in [0.2, 0.25) is 5.91 Å². The van der Waals surface area contributed by atoms with E-state index in [0.29, 0.717) is 12.0 Å². The van der Waals surface area contributed by atoms with Crippen LogP contribution < -0.4 is 0 Å². The summed E-state index contributed by atoms with van der Waals surface area (Å²) in [5, 5.41) is 9.70. The van der Waals surface area contributed by atoms with E-state index in [1.54, 1.807) is 19.1 Å². The monoisotopic (exact) mass is 285 g/mol. The number of carbonyl (C=O) groups excluding carboxylic acids is 1. The number of carbonyl (C=O) groups is 1. The van der Waals surface area contributed by atoms with Crippen molar-refractivity contribution in [3.05, 3.63) is 0 Å². The Labute approximate surface area is 123 Å². The van der Waals surface area contributed by atoms with Crippen molar-refractivity contribution in [1.82, 2.24) is 4.90 Å². The van der Waals surface area contributed by atoms with Crippen LogP contribution in [0.3, 0.4) is 0 Å². The van der Waals surface area contributed by atoms with Crippen LogP contribution in [0.25, 0.3) is 0 Å². The maximum Gasteiger partial charge on any atom is 0.225 e. The SMILES string of the molecule is COCC(O)CN(C)C(=O)C1CCC(C(C)(C)C)CC1. The third kappa shape index (κ3) is 5.06. The van der Waals surface area contributed by atoms with Gasteiger partial charge in [0.05, 0.1) is 12.7 Å². The molecule has 0 aromatic rings. The van der Waals surface area contributed by atoms with Gasteiger partial charge < -0.3 is 14.7 Å². The van der Waals surface area contributed by atoms with Gasteiger partial charge in [0.1, 0.15) is 0 Å². The number of rotatable bonds is 5. The fourth-order valence-corrected chi connectivity index (χ4v) is 3.17. The molecular formula is C16H31NO3. The van der Waals surface area contributed by atoms with E-state index in [-0.39, 0.29) is 18.4 Å². The van der Waals surface area contributed by atoms with Crippen molar-refractivity contribution < 1.29 is 14.6 Å². The zero-order valence-corrected chi connectivity index (χ0v) is 13.7. The Balaban J connectivity index is 2.42. The first-order valence-corrected chi connectivity index (χ1v) is 7.67. The van der Waals surface area contributed by atoms with Crippen LogP contribution in [0, 0.1) is 17.3 Å². The molecule has 4 nitrogen and oxygen atoms in total. The first-order valence-electron chi connectivity index (χ1n) is 7.67. The minimum Gasteiger partial charge on any atom is -0.389 e. The summed E-state index contributed by atoms with van der Waals surface area (Å²) >= 11 is 0. The molecule has 4 heteroatoms. The van der Waals surface area contributed by atoms with Crippen LogP contribution in [0.5, 0.6) is 0 Å². The summed E-state index contributed by atoms with van der Waals surface area (Å²) in [6.45, 7) is 7.48. The second-order valence-corrected chi connectivity index (χ2v) is 7.24. The van der Waals surface area contributed by atoms with Crippen molar-refractivity contribution >= 4 is 5.91 Å². The molecule has 1 amide bonds. The molecule has 0 heterocycles. The van der Waals surface area contributed by atoms with E-state index in [9.17, 15) is 9.90 Å². The molecule has 1 unspecified atom stereocenters. The molecule has 0 radical (unpaired) electrons. The number of nitrogens with zero attached hydrogens (tertiary/aromatic N) is 1. The number of aliphatic hydroxyl groups is 1. The van der Waals surface area contributed by atoms with Crippen LogP contribution >= 0.6 is 0 Å². The molecule has 20 heavy (non-hydrogen) atoms. The summed E-state index contributed by atoms with van der Waals surface area (Å²) in [5.41, 5.74) is 0.342. The molecule has 1 fully saturated rings. The zero-order chi connectivity index (χ0) is 15.3. The Kier molecular flexibility index (Phi) is 6.46. The highest BCUT2D eigenvalue weighted by molar-refractivity contribution is 5.78. The maximum absolute atomic E-state index is 12.4. The normalized spacial score (nSPS) is 25.3. The molecule has 1 aliphatic rings. The number of likely N-dealkylation sites (N-methyl/N-ethyl adjacent to an activating group) is 1. The van der Waals surface area contributed by atoms with Gasteiger partial charge in [-0.1, -0.05) is 20.8 Å². The van der Waals surface area contributed by atoms with Gasteiger partial charge in [-0.3, -0.25) is 4.79 Å². The Morgan fingerprint density at radius 3 is 2.30 bits per heavy atom. The standard InChI is InChI=1S/C16H31NO3/c1-16(2,3)13-8-6-12(7-9-13)15(19)17(4)10-14(18)11-20-5/h12-14,18H,6-11H2,1-5H3. The molecule has 0 spiro atoms. The number of aliphatic hydroxyl groups excluding tert-OH is 1. The molecule has 1 rings (SSSR count). The summed E-state index contributed by atoms with van der Waals surface area (Å²) in [4.78, 5) is 14.0. The van der Waals surface area contributed by atoms with Crippen molar-refractivity contribution in [3.8, 4) is 0 Å². The zero-order valence-electron chi connectivity index (χ0n) is 13.7. The van der Waals surface area contributed by atoms with Crippen molar-refractivity contribution in [2.24, 2.45) is 17.3 Å². The van der Waals surface area contributed by atoms with E-state index < -0.39 is 6.10 Å². The molecule has 1 atom stereocenters. The molecule has 0 aromatic carbocycles. The average Bonchev–Trinajstić information content (AvgIpc) is 2.37. The highest BCUT2D eigenvalue weighted by atomic mass is 16.5. The lowest BCUT2D eigenvalue weighted by Crippen LogP contribution is -2.41. The van der Waals surface area contributed by atoms with Crippen LogP contribution in [-0.2, 0) is 9.53 Å². The Hall–Kier alpha value is -0.610. The lowest BCUT2D eigenvalue weighted by Gasteiger charge is -2.37. The number of ether oxygens (including phenoxy) is 1. The third-order valence-corrected chi connectivity index (χ3v) is 4.52. The van der Waals surface area contributed by atoms with Gasteiger partial charge in [-0.15, -0.1) is 0 Å². The number of amides is 1. The van der Waals surface area contributed by atoms with Gasteiger partial charge in [-0.25, -0.2) is 0 Å². The maximum atomic E-state index is 12.4. The first kappa shape index (κ1) is 17.4. The minimum atomic E-state index is -0.597. The van der Waals surface area contributed by atoms with Crippen LogP contribution in [-0.4, -0.2) is 49.3 Å². The molecule has 0 aliphatic heterocycles. The van der Waals surface area contributed by atoms with Crippen LogP contribution in [0.15, 0.2) is 0 Å². The van der Waals surface area contributed by atoms with E-state index in [1.165, 1.54) is 0 Å². The second kappa shape index (κ2) is 7.41. The lowest BCUT2D eigenvalue weighted by atomic mass is 9.69. The smallest absolute Gasteiger partial charge is 0.225 e. The van der Waals surface area contributed by atoms with E-state index in [1.807, 2.05) is 0 Å². The van der Waals surface area contributed by atoms with Gasteiger partial charge in [-0.2, -0.15) is 0 Å². The largest absolute Gasteiger partial charge is 0.389 e. The molecule has 1 saturated carbocycles. The highest BCUT2D eigenvalue weighted by Crippen LogP contribution is 2.40. The molecule has 1 aliphatic carbocycles. The fraction of sp³-hybridized carbons (Fsp3) is 0.938. The van der Waals surface area contributed by atoms with Crippen LogP contribution in [0.4, 0.5) is 0 Å². The van der Waals surface area contributed by atoms with Crippen molar-refractivity contribution in [3.63, 3.8) is 0 Å². The van der Waals surface area contributed by atoms with Gasteiger partial charge in [-0.05, 0) is 37.0 Å². The second-order valence-electron chi connectivity index (χ2n) is 7.24. The Morgan fingerprint density at radius 1 is 1.30 bits per heavy atom. The Bertz CT molecular complexity index is 303. The number of hydrogen-bond donors (Lipinski definition) is 1. The minimum absolute atomic E-state index is 0.133. The molecular weight excluding hydrogens is 254 g/mol. The molecule has 118 valence electrons. The van der Waals surface area contributed by atoms with E-state index in [4.69, 9.17) is 4.74 Å². The Morgan fingerprint density at radius 2 is 1.85 bits per heavy atom. The third-order valence-electron chi connectivity index (χ3n) is 4.52. The van der Waals surface area contributed by atoms with Crippen molar-refractivity contribution in [2.45, 2.75) is 52.6 Å². The van der Waals surface area contributed by atoms with Crippen LogP contribution in [0.1, 0.15) is 46.5 Å². The van der Waals surface area contributed by atoms with Crippen molar-refractivity contribution in [1.29, 1.82) is 0 Å². The van der Waals surface area contributed by atoms with E-state index >= 15 is 0 Å². The van der Waals surface area contributed by atoms with Gasteiger partial charge in [0.15, 0.2) is 0 Å². The molecule has 0 bridgehead atoms. The molecule has 1 N–H and O–H groups in total. The van der Waals surface area contributed by atoms with Crippen molar-refractivity contribution in [2.75, 3.05) is 27.3 Å². The quantitative estimate of drug-likeness (QED) is 0.843.